The fourth-order valence-corrected chi connectivity index (χ4v) is 1.42. The van der Waals surface area contributed by atoms with E-state index in [4.69, 9.17) is 5.11 Å². The molecule has 2 N–H and O–H groups in total. The molecule has 1 aliphatic heterocycles. The number of hydrogen-bond donors (Lipinski definition) is 2. The molecule has 0 saturated carbocycles. The van der Waals surface area contributed by atoms with Crippen molar-refractivity contribution in [3.8, 4) is 5.75 Å². The van der Waals surface area contributed by atoms with Gasteiger partial charge >= 0.3 is 17.8 Å². The molecule has 0 atom stereocenters. The third kappa shape index (κ3) is 1.52. The molecule has 1 aromatic carbocycles. The molecule has 8 heteroatoms. The minimum atomic E-state index is -4.80. The standard InChI is InChI=1S/C9H5F3N2O3/c10-9(11,12)8(13-14-8)5-3-1-2-4(6(5)15)7(16)17/h1-3,15H,(H,16,17). The van der Waals surface area contributed by atoms with Crippen LogP contribution in [0, 0.1) is 0 Å². The monoisotopic (exact) mass is 246 g/mol. The van der Waals surface area contributed by atoms with E-state index in [9.17, 15) is 23.1 Å². The third-order valence-electron chi connectivity index (χ3n) is 2.34. The first-order valence-corrected chi connectivity index (χ1v) is 4.36. The Morgan fingerprint density at radius 3 is 2.29 bits per heavy atom. The summed E-state index contributed by atoms with van der Waals surface area (Å²) in [6.07, 6.45) is -4.80. The lowest BCUT2D eigenvalue weighted by Gasteiger charge is -2.16. The molecule has 0 fully saturated rings. The molecule has 0 aliphatic carbocycles. The average molecular weight is 246 g/mol. The van der Waals surface area contributed by atoms with Crippen LogP contribution in [0.1, 0.15) is 15.9 Å². The Labute approximate surface area is 92.2 Å². The van der Waals surface area contributed by atoms with Crippen molar-refractivity contribution in [1.82, 2.24) is 0 Å². The molecule has 17 heavy (non-hydrogen) atoms. The van der Waals surface area contributed by atoms with Gasteiger partial charge in [0.25, 0.3) is 0 Å². The van der Waals surface area contributed by atoms with E-state index < -0.39 is 34.7 Å². The highest BCUT2D eigenvalue weighted by Gasteiger charge is 2.66. The average Bonchev–Trinajstić information content (AvgIpc) is 2.97. The van der Waals surface area contributed by atoms with Crippen LogP contribution in [0.4, 0.5) is 13.2 Å². The molecule has 0 radical (unpaired) electrons. The predicted molar refractivity (Wildman–Crippen MR) is 47.7 cm³/mol. The van der Waals surface area contributed by atoms with Crippen molar-refractivity contribution in [2.45, 2.75) is 11.8 Å². The Morgan fingerprint density at radius 2 is 1.88 bits per heavy atom. The number of aromatic carboxylic acids is 1. The Morgan fingerprint density at radius 1 is 1.29 bits per heavy atom. The maximum Gasteiger partial charge on any atom is 0.442 e. The Kier molecular flexibility index (Phi) is 2.13. The van der Waals surface area contributed by atoms with Gasteiger partial charge in [0.15, 0.2) is 0 Å². The summed E-state index contributed by atoms with van der Waals surface area (Å²) >= 11 is 0. The molecule has 1 aromatic rings. The number of carboxylic acids is 1. The van der Waals surface area contributed by atoms with Gasteiger partial charge in [-0.05, 0) is 6.07 Å². The van der Waals surface area contributed by atoms with Crippen molar-refractivity contribution in [1.29, 1.82) is 0 Å². The zero-order valence-electron chi connectivity index (χ0n) is 8.06. The summed E-state index contributed by atoms with van der Waals surface area (Å²) in [4.78, 5) is 10.7. The fraction of sp³-hybridized carbons (Fsp3) is 0.222. The van der Waals surface area contributed by atoms with Gasteiger partial charge in [0.2, 0.25) is 0 Å². The number of carboxylic acid groups (broad SMARTS) is 1. The molecule has 1 aliphatic rings. The molecule has 90 valence electrons. The van der Waals surface area contributed by atoms with Crippen molar-refractivity contribution < 1.29 is 28.2 Å². The van der Waals surface area contributed by atoms with E-state index in [0.29, 0.717) is 0 Å². The molecular formula is C9H5F3N2O3. The quantitative estimate of drug-likeness (QED) is 0.839. The number of halogens is 3. The van der Waals surface area contributed by atoms with E-state index in [2.05, 4.69) is 10.2 Å². The molecule has 0 aromatic heterocycles. The summed E-state index contributed by atoms with van der Waals surface area (Å²) in [5.41, 5.74) is -4.11. The van der Waals surface area contributed by atoms with Gasteiger partial charge in [-0.15, -0.1) is 10.2 Å². The first kappa shape index (κ1) is 11.4. The van der Waals surface area contributed by atoms with Crippen LogP contribution in [0.5, 0.6) is 5.75 Å². The second-order valence-corrected chi connectivity index (χ2v) is 3.38. The maximum atomic E-state index is 12.6. The molecule has 0 spiro atoms. The molecule has 0 bridgehead atoms. The van der Waals surface area contributed by atoms with Gasteiger partial charge in [0.1, 0.15) is 11.3 Å². The van der Waals surface area contributed by atoms with E-state index in [1.54, 1.807) is 0 Å². The summed E-state index contributed by atoms with van der Waals surface area (Å²) in [7, 11) is 0. The predicted octanol–water partition coefficient (Wildman–Crippen LogP) is 2.27. The molecule has 2 rings (SSSR count). The van der Waals surface area contributed by atoms with Crippen molar-refractivity contribution >= 4 is 5.97 Å². The number of phenols is 1. The van der Waals surface area contributed by atoms with Crippen LogP contribution >= 0.6 is 0 Å². The molecule has 0 amide bonds. The van der Waals surface area contributed by atoms with Crippen LogP contribution in [0.25, 0.3) is 0 Å². The van der Waals surface area contributed by atoms with E-state index in [1.807, 2.05) is 0 Å². The van der Waals surface area contributed by atoms with Crippen LogP contribution < -0.4 is 0 Å². The smallest absolute Gasteiger partial charge is 0.442 e. The third-order valence-corrected chi connectivity index (χ3v) is 2.34. The topological polar surface area (TPSA) is 82.2 Å². The minimum absolute atomic E-state index is 0.622. The molecule has 0 unspecified atom stereocenters. The normalized spacial score (nSPS) is 16.9. The lowest BCUT2D eigenvalue weighted by molar-refractivity contribution is -0.166. The van der Waals surface area contributed by atoms with Crippen molar-refractivity contribution in [3.63, 3.8) is 0 Å². The van der Waals surface area contributed by atoms with Crippen LogP contribution in [-0.2, 0) is 5.66 Å². The summed E-state index contributed by atoms with van der Waals surface area (Å²) in [5.74, 6) is -2.50. The van der Waals surface area contributed by atoms with Crippen LogP contribution in [-0.4, -0.2) is 22.4 Å². The Bertz CT molecular complexity index is 519. The van der Waals surface area contributed by atoms with Gasteiger partial charge in [-0.1, -0.05) is 12.1 Å². The molecule has 0 saturated heterocycles. The highest BCUT2D eigenvalue weighted by atomic mass is 19.4. The molecule has 1 heterocycles. The lowest BCUT2D eigenvalue weighted by Crippen LogP contribution is -2.30. The van der Waals surface area contributed by atoms with Crippen LogP contribution in [0.15, 0.2) is 28.4 Å². The largest absolute Gasteiger partial charge is 0.507 e. The van der Waals surface area contributed by atoms with E-state index in [1.165, 1.54) is 0 Å². The zero-order valence-corrected chi connectivity index (χ0v) is 8.06. The summed E-state index contributed by atoms with van der Waals surface area (Å²) in [6.45, 7) is 0. The first-order chi connectivity index (χ1) is 7.79. The van der Waals surface area contributed by atoms with Gasteiger partial charge in [-0.2, -0.15) is 13.2 Å². The number of nitrogens with zero attached hydrogens (tertiary/aromatic N) is 2. The Hall–Kier alpha value is -2.12. The number of hydrogen-bond acceptors (Lipinski definition) is 4. The second kappa shape index (κ2) is 3.19. The summed E-state index contributed by atoms with van der Waals surface area (Å²) in [6, 6.07) is 3.03. The van der Waals surface area contributed by atoms with Crippen LogP contribution in [0.3, 0.4) is 0 Å². The van der Waals surface area contributed by atoms with E-state index >= 15 is 0 Å². The van der Waals surface area contributed by atoms with Gasteiger partial charge in [-0.3, -0.25) is 0 Å². The second-order valence-electron chi connectivity index (χ2n) is 3.38. The number of aromatic hydroxyl groups is 1. The maximum absolute atomic E-state index is 12.6. The molecule has 5 nitrogen and oxygen atoms in total. The molecular weight excluding hydrogens is 241 g/mol. The Balaban J connectivity index is 2.55. The highest BCUT2D eigenvalue weighted by Crippen LogP contribution is 2.54. The highest BCUT2D eigenvalue weighted by molar-refractivity contribution is 5.91. The van der Waals surface area contributed by atoms with Gasteiger partial charge < -0.3 is 10.2 Å². The van der Waals surface area contributed by atoms with Gasteiger partial charge in [0.05, 0.1) is 5.56 Å². The lowest BCUT2D eigenvalue weighted by atomic mass is 9.99. The number of para-hydroxylation sites is 1. The minimum Gasteiger partial charge on any atom is -0.507 e. The SMILES string of the molecule is O=C(O)c1cccc(C2(C(F)(F)F)N=N2)c1O. The van der Waals surface area contributed by atoms with Gasteiger partial charge in [0, 0.05) is 0 Å². The van der Waals surface area contributed by atoms with Gasteiger partial charge in [-0.25, -0.2) is 4.79 Å². The van der Waals surface area contributed by atoms with E-state index in [0.717, 1.165) is 18.2 Å². The van der Waals surface area contributed by atoms with Crippen molar-refractivity contribution in [2.75, 3.05) is 0 Å². The fourth-order valence-electron chi connectivity index (χ4n) is 1.42. The number of rotatable bonds is 2. The first-order valence-electron chi connectivity index (χ1n) is 4.36. The van der Waals surface area contributed by atoms with Crippen LogP contribution in [0.2, 0.25) is 0 Å². The van der Waals surface area contributed by atoms with Crippen molar-refractivity contribution in [2.24, 2.45) is 10.2 Å². The summed E-state index contributed by atoms with van der Waals surface area (Å²) < 4.78 is 37.9. The van der Waals surface area contributed by atoms with E-state index in [-0.39, 0.29) is 0 Å². The number of alkyl halides is 3. The van der Waals surface area contributed by atoms with Crippen molar-refractivity contribution in [3.05, 3.63) is 29.3 Å². The number of benzene rings is 1. The summed E-state index contributed by atoms with van der Waals surface area (Å²) in [5, 5.41) is 23.9. The zero-order chi connectivity index (χ0) is 12.8. The number of carbonyl (C=O) groups is 1.